The number of halogens is 6. The van der Waals surface area contributed by atoms with Crippen molar-refractivity contribution in [3.8, 4) is 0 Å². The second-order valence-electron chi connectivity index (χ2n) is 3.68. The minimum atomic E-state index is -4.62. The Morgan fingerprint density at radius 1 is 1.28 bits per heavy atom. The van der Waals surface area contributed by atoms with Crippen LogP contribution in [0.5, 0.6) is 0 Å². The van der Waals surface area contributed by atoms with Crippen LogP contribution in [0.1, 0.15) is 11.3 Å². The zero-order chi connectivity index (χ0) is 13.7. The van der Waals surface area contributed by atoms with Crippen LogP contribution in [-0.4, -0.2) is 4.98 Å². The highest BCUT2D eigenvalue weighted by atomic mass is 79.9. The number of rotatable bonds is 0. The average Bonchev–Trinajstić information content (AvgIpc) is 2.25. The normalized spacial score (nSPS) is 12.2. The lowest BCUT2D eigenvalue weighted by Crippen LogP contribution is -2.11. The number of hydrogen-bond donors (Lipinski definition) is 0. The van der Waals surface area contributed by atoms with Crippen LogP contribution in [0.25, 0.3) is 10.9 Å². The molecule has 2 aromatic rings. The third kappa shape index (κ3) is 2.19. The molecule has 0 unspecified atom stereocenters. The molecule has 0 spiro atoms. The molecule has 0 bridgehead atoms. The van der Waals surface area contributed by atoms with Crippen LogP contribution in [-0.2, 0) is 6.18 Å². The van der Waals surface area contributed by atoms with Crippen LogP contribution in [0.15, 0.2) is 16.6 Å². The largest absolute Gasteiger partial charge is 0.433 e. The number of benzene rings is 1. The minimum absolute atomic E-state index is 0.0759. The summed E-state index contributed by atoms with van der Waals surface area (Å²) in [7, 11) is 0. The van der Waals surface area contributed by atoms with E-state index >= 15 is 0 Å². The first kappa shape index (κ1) is 13.5. The monoisotopic (exact) mass is 341 g/mol. The summed E-state index contributed by atoms with van der Waals surface area (Å²) in [5.41, 5.74) is -1.39. The smallest absolute Gasteiger partial charge is 0.243 e. The minimum Gasteiger partial charge on any atom is -0.243 e. The van der Waals surface area contributed by atoms with Gasteiger partial charge in [0.05, 0.1) is 15.0 Å². The van der Waals surface area contributed by atoms with E-state index in [1.807, 2.05) is 0 Å². The topological polar surface area (TPSA) is 12.9 Å². The van der Waals surface area contributed by atoms with E-state index in [2.05, 4.69) is 20.9 Å². The van der Waals surface area contributed by atoms with Crippen molar-refractivity contribution < 1.29 is 17.6 Å². The van der Waals surface area contributed by atoms with Gasteiger partial charge in [-0.3, -0.25) is 0 Å². The van der Waals surface area contributed by atoms with Crippen LogP contribution < -0.4 is 0 Å². The van der Waals surface area contributed by atoms with Crippen LogP contribution >= 0.6 is 27.5 Å². The first-order valence-corrected chi connectivity index (χ1v) is 5.91. The van der Waals surface area contributed by atoms with Gasteiger partial charge in [0.2, 0.25) is 0 Å². The number of fused-ring (bicyclic) bond motifs is 1. The van der Waals surface area contributed by atoms with E-state index in [1.165, 1.54) is 13.0 Å². The lowest BCUT2D eigenvalue weighted by atomic mass is 10.1. The van der Waals surface area contributed by atoms with Gasteiger partial charge in [0, 0.05) is 11.5 Å². The average molecular weight is 343 g/mol. The van der Waals surface area contributed by atoms with Crippen molar-refractivity contribution in [2.75, 3.05) is 0 Å². The van der Waals surface area contributed by atoms with Gasteiger partial charge in [0.15, 0.2) is 0 Å². The molecule has 2 rings (SSSR count). The molecule has 18 heavy (non-hydrogen) atoms. The summed E-state index contributed by atoms with van der Waals surface area (Å²) in [4.78, 5) is 3.44. The summed E-state index contributed by atoms with van der Waals surface area (Å²) >= 11 is 8.83. The summed E-state index contributed by atoms with van der Waals surface area (Å²) in [6, 6.07) is 2.23. The number of nitrogens with zero attached hydrogens (tertiary/aromatic N) is 1. The maximum absolute atomic E-state index is 13.3. The number of pyridine rings is 1. The molecule has 0 aliphatic heterocycles. The Hall–Kier alpha value is -0.880. The Kier molecular flexibility index (Phi) is 3.27. The summed E-state index contributed by atoms with van der Waals surface area (Å²) in [6.07, 6.45) is -4.62. The summed E-state index contributed by atoms with van der Waals surface area (Å²) in [5, 5.41) is 0.198. The maximum Gasteiger partial charge on any atom is 0.433 e. The first-order chi connectivity index (χ1) is 8.21. The molecule has 0 fully saturated rings. The van der Waals surface area contributed by atoms with Gasteiger partial charge in [-0.15, -0.1) is 0 Å². The van der Waals surface area contributed by atoms with Crippen LogP contribution in [0.2, 0.25) is 5.02 Å². The zero-order valence-corrected chi connectivity index (χ0v) is 11.2. The second-order valence-corrected chi connectivity index (χ2v) is 4.91. The van der Waals surface area contributed by atoms with Gasteiger partial charge in [0.1, 0.15) is 11.5 Å². The quantitative estimate of drug-likeness (QED) is 0.606. The highest BCUT2D eigenvalue weighted by Crippen LogP contribution is 2.37. The molecular weight excluding hydrogens is 337 g/mol. The predicted octanol–water partition coefficient (Wildman–Crippen LogP) is 5.12. The molecule has 1 aromatic carbocycles. The van der Waals surface area contributed by atoms with E-state index in [0.717, 1.165) is 6.07 Å². The third-order valence-electron chi connectivity index (χ3n) is 2.46. The molecule has 0 atom stereocenters. The van der Waals surface area contributed by atoms with Crippen molar-refractivity contribution in [1.82, 2.24) is 4.98 Å². The van der Waals surface area contributed by atoms with E-state index in [4.69, 9.17) is 11.6 Å². The molecular formula is C11H5BrClF4N. The fraction of sp³-hybridized carbons (Fsp3) is 0.182. The van der Waals surface area contributed by atoms with Gasteiger partial charge in [-0.25, -0.2) is 9.37 Å². The van der Waals surface area contributed by atoms with Crippen molar-refractivity contribution in [3.05, 3.63) is 38.7 Å². The van der Waals surface area contributed by atoms with E-state index in [1.54, 1.807) is 0 Å². The molecule has 1 heterocycles. The summed E-state index contributed by atoms with van der Waals surface area (Å²) in [5.74, 6) is -0.692. The second kappa shape index (κ2) is 4.35. The predicted molar refractivity (Wildman–Crippen MR) is 64.2 cm³/mol. The summed E-state index contributed by atoms with van der Waals surface area (Å²) < 4.78 is 51.6. The molecule has 0 aliphatic rings. The molecule has 96 valence electrons. The SMILES string of the molecule is Cc1c(C(F)(F)F)nc2cc(F)c(Br)cc2c1Cl. The van der Waals surface area contributed by atoms with E-state index < -0.39 is 17.7 Å². The molecule has 0 amide bonds. The zero-order valence-electron chi connectivity index (χ0n) is 8.87. The first-order valence-electron chi connectivity index (χ1n) is 4.74. The van der Waals surface area contributed by atoms with Gasteiger partial charge < -0.3 is 0 Å². The van der Waals surface area contributed by atoms with E-state index in [9.17, 15) is 17.6 Å². The van der Waals surface area contributed by atoms with Gasteiger partial charge >= 0.3 is 6.18 Å². The lowest BCUT2D eigenvalue weighted by Gasteiger charge is -2.13. The molecule has 0 saturated heterocycles. The van der Waals surface area contributed by atoms with Gasteiger partial charge in [-0.2, -0.15) is 13.2 Å². The standard InChI is InChI=1S/C11H5BrClF4N/c1-4-9(13)5-2-6(12)7(14)3-8(5)18-10(4)11(15,16)17/h2-3H,1H3. The molecule has 7 heteroatoms. The fourth-order valence-electron chi connectivity index (χ4n) is 1.59. The molecule has 0 N–H and O–H groups in total. The molecule has 1 aromatic heterocycles. The molecule has 0 radical (unpaired) electrons. The highest BCUT2D eigenvalue weighted by molar-refractivity contribution is 9.10. The third-order valence-corrected chi connectivity index (χ3v) is 3.56. The van der Waals surface area contributed by atoms with Gasteiger partial charge in [-0.05, 0) is 34.5 Å². The summed E-state index contributed by atoms with van der Waals surface area (Å²) in [6.45, 7) is 1.23. The lowest BCUT2D eigenvalue weighted by molar-refractivity contribution is -0.141. The number of hydrogen-bond acceptors (Lipinski definition) is 1. The van der Waals surface area contributed by atoms with Crippen molar-refractivity contribution >= 4 is 38.4 Å². The Morgan fingerprint density at radius 3 is 2.44 bits per heavy atom. The van der Waals surface area contributed by atoms with Crippen molar-refractivity contribution in [2.24, 2.45) is 0 Å². The van der Waals surface area contributed by atoms with E-state index in [0.29, 0.717) is 0 Å². The number of aromatic nitrogens is 1. The number of alkyl halides is 3. The van der Waals surface area contributed by atoms with Crippen LogP contribution in [0.4, 0.5) is 17.6 Å². The fourth-order valence-corrected chi connectivity index (χ4v) is 2.18. The molecule has 1 nitrogen and oxygen atoms in total. The van der Waals surface area contributed by atoms with Crippen molar-refractivity contribution in [2.45, 2.75) is 13.1 Å². The van der Waals surface area contributed by atoms with Crippen molar-refractivity contribution in [1.29, 1.82) is 0 Å². The highest BCUT2D eigenvalue weighted by Gasteiger charge is 2.35. The molecule has 0 saturated carbocycles. The van der Waals surface area contributed by atoms with Crippen LogP contribution in [0, 0.1) is 12.7 Å². The molecule has 0 aliphatic carbocycles. The van der Waals surface area contributed by atoms with Crippen molar-refractivity contribution in [3.63, 3.8) is 0 Å². The maximum atomic E-state index is 13.3. The van der Waals surface area contributed by atoms with Crippen LogP contribution in [0.3, 0.4) is 0 Å². The Balaban J connectivity index is 2.88. The Morgan fingerprint density at radius 2 is 1.89 bits per heavy atom. The Bertz CT molecular complexity index is 639. The van der Waals surface area contributed by atoms with Gasteiger partial charge in [0.25, 0.3) is 0 Å². The van der Waals surface area contributed by atoms with Gasteiger partial charge in [-0.1, -0.05) is 11.6 Å². The Labute approximate surface area is 113 Å². The van der Waals surface area contributed by atoms with E-state index in [-0.39, 0.29) is 26.0 Å².